The van der Waals surface area contributed by atoms with Crippen molar-refractivity contribution in [2.24, 2.45) is 0 Å². The standard InChI is InChI=1S/C14H19ClO4S/c1-17-13-4-2-12(3-5-13)11-20-9-8-18-6-7-19-14(16)10-15/h2-5H,6-11H2,1H3. The molecular weight excluding hydrogens is 300 g/mol. The van der Waals surface area contributed by atoms with Gasteiger partial charge in [-0.1, -0.05) is 12.1 Å². The average Bonchev–Trinajstić information content (AvgIpc) is 2.50. The lowest BCUT2D eigenvalue weighted by molar-refractivity contribution is -0.142. The number of thioether (sulfide) groups is 1. The van der Waals surface area contributed by atoms with E-state index in [1.54, 1.807) is 18.9 Å². The van der Waals surface area contributed by atoms with E-state index < -0.39 is 5.97 Å². The van der Waals surface area contributed by atoms with Crippen LogP contribution in [0.5, 0.6) is 5.75 Å². The number of hydrogen-bond acceptors (Lipinski definition) is 5. The molecule has 0 aliphatic heterocycles. The van der Waals surface area contributed by atoms with Crippen molar-refractivity contribution in [2.45, 2.75) is 5.75 Å². The molecule has 1 aromatic carbocycles. The van der Waals surface area contributed by atoms with Gasteiger partial charge in [-0.05, 0) is 17.7 Å². The maximum Gasteiger partial charge on any atom is 0.320 e. The van der Waals surface area contributed by atoms with E-state index in [0.717, 1.165) is 17.3 Å². The number of hydrogen-bond donors (Lipinski definition) is 0. The summed E-state index contributed by atoms with van der Waals surface area (Å²) in [6, 6.07) is 8.02. The fraction of sp³-hybridized carbons (Fsp3) is 0.500. The first-order chi connectivity index (χ1) is 9.76. The highest BCUT2D eigenvalue weighted by atomic mass is 35.5. The van der Waals surface area contributed by atoms with Gasteiger partial charge in [0.15, 0.2) is 0 Å². The summed E-state index contributed by atoms with van der Waals surface area (Å²) in [6.45, 7) is 1.31. The molecule has 20 heavy (non-hydrogen) atoms. The number of alkyl halides is 1. The number of esters is 1. The van der Waals surface area contributed by atoms with Crippen molar-refractivity contribution in [1.82, 2.24) is 0 Å². The lowest BCUT2D eigenvalue weighted by atomic mass is 10.2. The molecule has 0 fully saturated rings. The number of benzene rings is 1. The van der Waals surface area contributed by atoms with E-state index in [-0.39, 0.29) is 12.5 Å². The monoisotopic (exact) mass is 318 g/mol. The minimum atomic E-state index is -0.413. The van der Waals surface area contributed by atoms with Crippen molar-refractivity contribution < 1.29 is 19.0 Å². The third-order valence-electron chi connectivity index (χ3n) is 2.40. The molecule has 1 rings (SSSR count). The predicted octanol–water partition coefficient (Wildman–Crippen LogP) is 2.73. The largest absolute Gasteiger partial charge is 0.497 e. The molecule has 1 aromatic rings. The molecule has 6 heteroatoms. The Hall–Kier alpha value is -0.910. The fourth-order valence-electron chi connectivity index (χ4n) is 1.38. The molecule has 112 valence electrons. The maximum absolute atomic E-state index is 10.7. The van der Waals surface area contributed by atoms with Crippen molar-refractivity contribution in [1.29, 1.82) is 0 Å². The molecule has 0 saturated carbocycles. The van der Waals surface area contributed by atoms with Crippen molar-refractivity contribution in [3.05, 3.63) is 29.8 Å². The van der Waals surface area contributed by atoms with Gasteiger partial charge in [-0.2, -0.15) is 11.8 Å². The Labute approximate surface area is 128 Å². The summed E-state index contributed by atoms with van der Waals surface area (Å²) < 4.78 is 15.2. The first kappa shape index (κ1) is 17.1. The molecule has 0 unspecified atom stereocenters. The minimum Gasteiger partial charge on any atom is -0.497 e. The Bertz CT molecular complexity index is 383. The van der Waals surface area contributed by atoms with Crippen molar-refractivity contribution >= 4 is 29.3 Å². The minimum absolute atomic E-state index is 0.113. The maximum atomic E-state index is 10.7. The summed E-state index contributed by atoms with van der Waals surface area (Å²) in [4.78, 5) is 10.7. The predicted molar refractivity (Wildman–Crippen MR) is 81.7 cm³/mol. The molecule has 0 N–H and O–H groups in total. The second kappa shape index (κ2) is 10.8. The van der Waals surface area contributed by atoms with E-state index in [1.165, 1.54) is 5.56 Å². The molecule has 0 bridgehead atoms. The number of carbonyl (C=O) groups excluding carboxylic acids is 1. The highest BCUT2D eigenvalue weighted by molar-refractivity contribution is 7.98. The zero-order valence-corrected chi connectivity index (χ0v) is 13.0. The van der Waals surface area contributed by atoms with Crippen LogP contribution in [0.3, 0.4) is 0 Å². The molecule has 0 aliphatic carbocycles. The Morgan fingerprint density at radius 1 is 1.20 bits per heavy atom. The van der Waals surface area contributed by atoms with Crippen molar-refractivity contribution in [2.75, 3.05) is 38.6 Å². The summed E-state index contributed by atoms with van der Waals surface area (Å²) in [5, 5.41) is 0. The Morgan fingerprint density at radius 2 is 1.95 bits per heavy atom. The summed E-state index contributed by atoms with van der Waals surface area (Å²) in [5.41, 5.74) is 1.26. The average molecular weight is 319 g/mol. The van der Waals surface area contributed by atoms with Gasteiger partial charge in [0.05, 0.1) is 20.3 Å². The lowest BCUT2D eigenvalue weighted by Crippen LogP contribution is -2.12. The van der Waals surface area contributed by atoms with Crippen LogP contribution in [0.15, 0.2) is 24.3 Å². The third kappa shape index (κ3) is 7.62. The van der Waals surface area contributed by atoms with Gasteiger partial charge in [-0.15, -0.1) is 11.6 Å². The zero-order chi connectivity index (χ0) is 14.6. The van der Waals surface area contributed by atoms with Gasteiger partial charge >= 0.3 is 5.97 Å². The molecule has 0 spiro atoms. The molecule has 0 aliphatic rings. The molecule has 0 atom stereocenters. The SMILES string of the molecule is COc1ccc(CSCCOCCOC(=O)CCl)cc1. The van der Waals surface area contributed by atoms with Gasteiger partial charge in [-0.3, -0.25) is 4.79 Å². The lowest BCUT2D eigenvalue weighted by Gasteiger charge is -2.06. The van der Waals surface area contributed by atoms with Crippen LogP contribution < -0.4 is 4.74 Å². The van der Waals surface area contributed by atoms with Gasteiger partial charge in [0.25, 0.3) is 0 Å². The van der Waals surface area contributed by atoms with Crippen LogP contribution >= 0.6 is 23.4 Å². The van der Waals surface area contributed by atoms with Gasteiger partial charge in [0.2, 0.25) is 0 Å². The van der Waals surface area contributed by atoms with E-state index >= 15 is 0 Å². The number of carbonyl (C=O) groups is 1. The Kier molecular flexibility index (Phi) is 9.28. The van der Waals surface area contributed by atoms with Crippen LogP contribution in [0.1, 0.15) is 5.56 Å². The first-order valence-corrected chi connectivity index (χ1v) is 7.95. The van der Waals surface area contributed by atoms with E-state index in [4.69, 9.17) is 25.8 Å². The van der Waals surface area contributed by atoms with E-state index in [1.807, 2.05) is 12.1 Å². The quantitative estimate of drug-likeness (QED) is 0.377. The summed E-state index contributed by atoms with van der Waals surface area (Å²) >= 11 is 7.08. The van der Waals surface area contributed by atoms with Crippen LogP contribution in [0.25, 0.3) is 0 Å². The van der Waals surface area contributed by atoms with Crippen molar-refractivity contribution in [3.63, 3.8) is 0 Å². The first-order valence-electron chi connectivity index (χ1n) is 6.26. The van der Waals surface area contributed by atoms with E-state index in [0.29, 0.717) is 13.2 Å². The molecule has 4 nitrogen and oxygen atoms in total. The van der Waals surface area contributed by atoms with Crippen LogP contribution in [0, 0.1) is 0 Å². The van der Waals surface area contributed by atoms with Crippen LogP contribution in [0.4, 0.5) is 0 Å². The highest BCUT2D eigenvalue weighted by Gasteiger charge is 1.99. The van der Waals surface area contributed by atoms with Gasteiger partial charge < -0.3 is 14.2 Å². The number of methoxy groups -OCH3 is 1. The number of rotatable bonds is 10. The highest BCUT2D eigenvalue weighted by Crippen LogP contribution is 2.16. The van der Waals surface area contributed by atoms with E-state index in [9.17, 15) is 4.79 Å². The van der Waals surface area contributed by atoms with Crippen molar-refractivity contribution in [3.8, 4) is 5.75 Å². The third-order valence-corrected chi connectivity index (χ3v) is 3.61. The smallest absolute Gasteiger partial charge is 0.320 e. The zero-order valence-electron chi connectivity index (χ0n) is 11.5. The number of ether oxygens (including phenoxy) is 3. The molecule has 0 amide bonds. The van der Waals surface area contributed by atoms with Gasteiger partial charge in [0.1, 0.15) is 18.2 Å². The molecular formula is C14H19ClO4S. The molecule has 0 aromatic heterocycles. The fourth-order valence-corrected chi connectivity index (χ4v) is 2.27. The second-order valence-corrected chi connectivity index (χ2v) is 5.24. The molecule has 0 heterocycles. The van der Waals surface area contributed by atoms with Crippen LogP contribution in [-0.2, 0) is 20.0 Å². The normalized spacial score (nSPS) is 10.3. The summed E-state index contributed by atoms with van der Waals surface area (Å²) in [6.07, 6.45) is 0. The van der Waals surface area contributed by atoms with Gasteiger partial charge in [0, 0.05) is 11.5 Å². The van der Waals surface area contributed by atoms with Crippen LogP contribution in [-0.4, -0.2) is 44.5 Å². The Balaban J connectivity index is 1.97. The van der Waals surface area contributed by atoms with Crippen LogP contribution in [0.2, 0.25) is 0 Å². The second-order valence-electron chi connectivity index (χ2n) is 3.87. The van der Waals surface area contributed by atoms with E-state index in [2.05, 4.69) is 12.1 Å². The Morgan fingerprint density at radius 3 is 2.60 bits per heavy atom. The molecule has 0 saturated heterocycles. The summed E-state index contributed by atoms with van der Waals surface area (Å²) in [7, 11) is 1.66. The molecule has 0 radical (unpaired) electrons. The van der Waals surface area contributed by atoms with Gasteiger partial charge in [-0.25, -0.2) is 0 Å². The number of halogens is 1. The topological polar surface area (TPSA) is 44.8 Å². The summed E-state index contributed by atoms with van der Waals surface area (Å²) in [5.74, 6) is 2.18.